The molecule has 0 saturated heterocycles. The van der Waals surface area contributed by atoms with Crippen LogP contribution in [0.2, 0.25) is 0 Å². The minimum atomic E-state index is -0.207. The molecule has 1 aromatic heterocycles. The van der Waals surface area contributed by atoms with Crippen LogP contribution in [0.15, 0.2) is 42.9 Å². The van der Waals surface area contributed by atoms with E-state index in [0.29, 0.717) is 0 Å². The zero-order chi connectivity index (χ0) is 10.7. The summed E-state index contributed by atoms with van der Waals surface area (Å²) in [4.78, 5) is 15.6. The van der Waals surface area contributed by atoms with Crippen LogP contribution >= 0.6 is 0 Å². The second-order valence-corrected chi connectivity index (χ2v) is 3.22. The lowest BCUT2D eigenvalue weighted by Gasteiger charge is -2.03. The first-order valence-electron chi connectivity index (χ1n) is 4.63. The largest absolute Gasteiger partial charge is 0.331 e. The van der Waals surface area contributed by atoms with Gasteiger partial charge in [0.1, 0.15) is 6.33 Å². The molecule has 0 aliphatic rings. The fourth-order valence-electron chi connectivity index (χ4n) is 1.24. The number of anilines is 1. The summed E-state index contributed by atoms with van der Waals surface area (Å²) in [6, 6.07) is 9.10. The van der Waals surface area contributed by atoms with Crippen LogP contribution in [0, 0.1) is 6.92 Å². The summed E-state index contributed by atoms with van der Waals surface area (Å²) in [7, 11) is 0. The standard InChI is InChI=1S/C11H11N3O/c1-9-7-14(8-12-9)11(15)13-10-5-3-2-4-6-10/h2-8H,1H3,(H,13,15). The van der Waals surface area contributed by atoms with Crippen molar-refractivity contribution in [2.75, 3.05) is 5.32 Å². The van der Waals surface area contributed by atoms with Gasteiger partial charge in [-0.15, -0.1) is 0 Å². The van der Waals surface area contributed by atoms with Crippen molar-refractivity contribution in [3.8, 4) is 0 Å². The summed E-state index contributed by atoms with van der Waals surface area (Å²) >= 11 is 0. The Hall–Kier alpha value is -2.10. The molecule has 4 nitrogen and oxygen atoms in total. The molecule has 1 heterocycles. The average molecular weight is 201 g/mol. The minimum absolute atomic E-state index is 0.207. The molecule has 15 heavy (non-hydrogen) atoms. The number of carbonyl (C=O) groups excluding carboxylic acids is 1. The zero-order valence-corrected chi connectivity index (χ0v) is 8.34. The molecule has 76 valence electrons. The third-order valence-corrected chi connectivity index (χ3v) is 1.97. The number of rotatable bonds is 1. The van der Waals surface area contributed by atoms with E-state index in [0.717, 1.165) is 11.4 Å². The quantitative estimate of drug-likeness (QED) is 0.769. The van der Waals surface area contributed by atoms with Crippen molar-refractivity contribution in [1.82, 2.24) is 9.55 Å². The van der Waals surface area contributed by atoms with Crippen LogP contribution in [0.5, 0.6) is 0 Å². The number of nitrogens with one attached hydrogen (secondary N) is 1. The molecule has 1 amide bonds. The van der Waals surface area contributed by atoms with E-state index in [4.69, 9.17) is 0 Å². The van der Waals surface area contributed by atoms with Crippen LogP contribution in [0.1, 0.15) is 5.69 Å². The molecule has 0 bridgehead atoms. The Bertz CT molecular complexity index is 462. The third kappa shape index (κ3) is 2.22. The lowest BCUT2D eigenvalue weighted by atomic mass is 10.3. The number of benzene rings is 1. The van der Waals surface area contributed by atoms with Gasteiger partial charge in [0.15, 0.2) is 0 Å². The van der Waals surface area contributed by atoms with Crippen molar-refractivity contribution in [2.45, 2.75) is 6.92 Å². The van der Waals surface area contributed by atoms with Gasteiger partial charge in [-0.05, 0) is 19.1 Å². The van der Waals surface area contributed by atoms with Crippen molar-refractivity contribution in [1.29, 1.82) is 0 Å². The fourth-order valence-corrected chi connectivity index (χ4v) is 1.24. The molecular weight excluding hydrogens is 190 g/mol. The van der Waals surface area contributed by atoms with Crippen LogP contribution in [-0.4, -0.2) is 15.6 Å². The van der Waals surface area contributed by atoms with Crippen molar-refractivity contribution < 1.29 is 4.79 Å². The van der Waals surface area contributed by atoms with E-state index in [1.165, 1.54) is 10.9 Å². The highest BCUT2D eigenvalue weighted by Crippen LogP contribution is 2.05. The number of para-hydroxylation sites is 1. The first-order chi connectivity index (χ1) is 7.25. The maximum Gasteiger partial charge on any atom is 0.331 e. The maximum absolute atomic E-state index is 11.6. The highest BCUT2D eigenvalue weighted by molar-refractivity contribution is 5.90. The van der Waals surface area contributed by atoms with Crippen LogP contribution in [0.25, 0.3) is 0 Å². The normalized spacial score (nSPS) is 9.93. The highest BCUT2D eigenvalue weighted by Gasteiger charge is 2.04. The summed E-state index contributed by atoms with van der Waals surface area (Å²) in [5.74, 6) is 0. The summed E-state index contributed by atoms with van der Waals surface area (Å²) in [6.45, 7) is 1.84. The van der Waals surface area contributed by atoms with Crippen molar-refractivity contribution in [3.63, 3.8) is 0 Å². The number of aryl methyl sites for hydroxylation is 1. The second kappa shape index (κ2) is 3.96. The zero-order valence-electron chi connectivity index (χ0n) is 8.34. The summed E-state index contributed by atoms with van der Waals surface area (Å²) in [6.07, 6.45) is 3.17. The molecule has 0 aliphatic heterocycles. The smallest absolute Gasteiger partial charge is 0.307 e. The topological polar surface area (TPSA) is 46.9 Å². The van der Waals surface area contributed by atoms with Crippen LogP contribution in [0.3, 0.4) is 0 Å². The number of imidazole rings is 1. The molecule has 0 atom stereocenters. The third-order valence-electron chi connectivity index (χ3n) is 1.97. The number of aromatic nitrogens is 2. The number of amides is 1. The van der Waals surface area contributed by atoms with Gasteiger partial charge in [-0.2, -0.15) is 0 Å². The van der Waals surface area contributed by atoms with Gasteiger partial charge < -0.3 is 5.32 Å². The lowest BCUT2D eigenvalue weighted by molar-refractivity contribution is 0.253. The predicted molar refractivity (Wildman–Crippen MR) is 57.8 cm³/mol. The van der Waals surface area contributed by atoms with Crippen LogP contribution in [-0.2, 0) is 0 Å². The second-order valence-electron chi connectivity index (χ2n) is 3.22. The van der Waals surface area contributed by atoms with E-state index in [-0.39, 0.29) is 6.03 Å². The summed E-state index contributed by atoms with van der Waals surface area (Å²) in [5.41, 5.74) is 1.59. The van der Waals surface area contributed by atoms with Gasteiger partial charge in [0, 0.05) is 11.9 Å². The Balaban J connectivity index is 2.11. The average Bonchev–Trinajstić information content (AvgIpc) is 2.66. The van der Waals surface area contributed by atoms with Gasteiger partial charge in [-0.25, -0.2) is 9.78 Å². The lowest BCUT2D eigenvalue weighted by Crippen LogP contribution is -2.17. The van der Waals surface area contributed by atoms with Gasteiger partial charge in [-0.1, -0.05) is 18.2 Å². The van der Waals surface area contributed by atoms with Gasteiger partial charge >= 0.3 is 6.03 Å². The Labute approximate surface area is 87.6 Å². The van der Waals surface area contributed by atoms with E-state index in [2.05, 4.69) is 10.3 Å². The molecule has 1 aromatic carbocycles. The molecule has 2 aromatic rings. The molecule has 4 heteroatoms. The number of hydrogen-bond donors (Lipinski definition) is 1. The van der Waals surface area contributed by atoms with Gasteiger partial charge in [0.05, 0.1) is 5.69 Å². The van der Waals surface area contributed by atoms with E-state index < -0.39 is 0 Å². The van der Waals surface area contributed by atoms with Crippen LogP contribution < -0.4 is 5.32 Å². The van der Waals surface area contributed by atoms with Gasteiger partial charge in [0.2, 0.25) is 0 Å². The van der Waals surface area contributed by atoms with E-state index >= 15 is 0 Å². The molecule has 2 rings (SSSR count). The maximum atomic E-state index is 11.6. The first-order valence-corrected chi connectivity index (χ1v) is 4.63. The Morgan fingerprint density at radius 3 is 2.67 bits per heavy atom. The number of carbonyl (C=O) groups is 1. The molecular formula is C11H11N3O. The minimum Gasteiger partial charge on any atom is -0.307 e. The summed E-state index contributed by atoms with van der Waals surface area (Å²) in [5, 5.41) is 2.76. The predicted octanol–water partition coefficient (Wildman–Crippen LogP) is 2.27. The molecule has 0 fully saturated rings. The fraction of sp³-hybridized carbons (Fsp3) is 0.0909. The molecule has 0 spiro atoms. The number of nitrogens with zero attached hydrogens (tertiary/aromatic N) is 2. The SMILES string of the molecule is Cc1cn(C(=O)Nc2ccccc2)cn1. The molecule has 0 saturated carbocycles. The summed E-state index contributed by atoms with van der Waals surface area (Å²) < 4.78 is 1.42. The Morgan fingerprint density at radius 1 is 1.33 bits per heavy atom. The number of hydrogen-bond acceptors (Lipinski definition) is 2. The van der Waals surface area contributed by atoms with Crippen molar-refractivity contribution in [2.24, 2.45) is 0 Å². The highest BCUT2D eigenvalue weighted by atomic mass is 16.2. The van der Waals surface area contributed by atoms with E-state index in [1.807, 2.05) is 37.3 Å². The van der Waals surface area contributed by atoms with E-state index in [9.17, 15) is 4.79 Å². The molecule has 1 N–H and O–H groups in total. The van der Waals surface area contributed by atoms with Crippen molar-refractivity contribution >= 4 is 11.7 Å². The monoisotopic (exact) mass is 201 g/mol. The van der Waals surface area contributed by atoms with Gasteiger partial charge in [0.25, 0.3) is 0 Å². The van der Waals surface area contributed by atoms with E-state index in [1.54, 1.807) is 6.20 Å². The molecule has 0 unspecified atom stereocenters. The molecule has 0 aliphatic carbocycles. The van der Waals surface area contributed by atoms with Crippen molar-refractivity contribution in [3.05, 3.63) is 48.5 Å². The van der Waals surface area contributed by atoms with Gasteiger partial charge in [-0.3, -0.25) is 4.57 Å². The Kier molecular flexibility index (Phi) is 2.49. The first kappa shape index (κ1) is 9.45. The Morgan fingerprint density at radius 2 is 2.07 bits per heavy atom. The molecule has 0 radical (unpaired) electrons. The van der Waals surface area contributed by atoms with Crippen LogP contribution in [0.4, 0.5) is 10.5 Å².